The third kappa shape index (κ3) is 2.79. The molecule has 22 heavy (non-hydrogen) atoms. The van der Waals surface area contributed by atoms with Crippen LogP contribution in [0.4, 0.5) is 19.1 Å². The number of anilines is 1. The number of sulfone groups is 1. The molecule has 1 aliphatic rings. The fourth-order valence-corrected chi connectivity index (χ4v) is 4.46. The standard InChI is InChI=1S/C10H10F3N5O2S2/c11-10(12,13)6-3-21-7(15-6)4-22(19,20)9-17-16-8(14)18(9)5-1-2-5/h3,5H,1-2,4H2,(H2,14,16). The van der Waals surface area contributed by atoms with Gasteiger partial charge in [0, 0.05) is 11.4 Å². The number of alkyl halides is 3. The number of aromatic nitrogens is 4. The fourth-order valence-electron chi connectivity index (χ4n) is 1.91. The van der Waals surface area contributed by atoms with Crippen LogP contribution in [0.3, 0.4) is 0 Å². The van der Waals surface area contributed by atoms with Crippen LogP contribution in [0.2, 0.25) is 0 Å². The van der Waals surface area contributed by atoms with Crippen LogP contribution < -0.4 is 5.73 Å². The summed E-state index contributed by atoms with van der Waals surface area (Å²) in [4.78, 5) is 3.31. The molecule has 0 unspecified atom stereocenters. The van der Waals surface area contributed by atoms with Crippen molar-refractivity contribution in [2.75, 3.05) is 5.73 Å². The van der Waals surface area contributed by atoms with Gasteiger partial charge in [0.25, 0.3) is 5.16 Å². The third-order valence-corrected chi connectivity index (χ3v) is 5.56. The smallest absolute Gasteiger partial charge is 0.368 e. The predicted octanol–water partition coefficient (Wildman–Crippen LogP) is 1.64. The monoisotopic (exact) mass is 353 g/mol. The van der Waals surface area contributed by atoms with Gasteiger partial charge in [0.2, 0.25) is 15.8 Å². The van der Waals surface area contributed by atoms with Crippen molar-refractivity contribution in [1.29, 1.82) is 0 Å². The van der Waals surface area contributed by atoms with Gasteiger partial charge in [-0.3, -0.25) is 4.57 Å². The average molecular weight is 353 g/mol. The number of halogens is 3. The van der Waals surface area contributed by atoms with Crippen LogP contribution in [-0.2, 0) is 21.8 Å². The summed E-state index contributed by atoms with van der Waals surface area (Å²) in [7, 11) is -3.97. The van der Waals surface area contributed by atoms with Crippen LogP contribution >= 0.6 is 11.3 Å². The number of nitrogens with zero attached hydrogens (tertiary/aromatic N) is 4. The van der Waals surface area contributed by atoms with Gasteiger partial charge in [0.05, 0.1) is 0 Å². The van der Waals surface area contributed by atoms with Gasteiger partial charge in [-0.15, -0.1) is 21.5 Å². The molecule has 3 rings (SSSR count). The molecule has 0 aromatic carbocycles. The second kappa shape index (κ2) is 4.91. The molecule has 2 heterocycles. The van der Waals surface area contributed by atoms with E-state index in [9.17, 15) is 21.6 Å². The van der Waals surface area contributed by atoms with E-state index in [1.165, 1.54) is 4.57 Å². The van der Waals surface area contributed by atoms with Crippen molar-refractivity contribution in [3.8, 4) is 0 Å². The summed E-state index contributed by atoms with van der Waals surface area (Å²) in [5.74, 6) is -0.685. The first kappa shape index (κ1) is 15.2. The van der Waals surface area contributed by atoms with Crippen molar-refractivity contribution in [3.63, 3.8) is 0 Å². The first-order valence-electron chi connectivity index (χ1n) is 6.13. The van der Waals surface area contributed by atoms with Gasteiger partial charge in [-0.1, -0.05) is 0 Å². The maximum absolute atomic E-state index is 12.5. The molecule has 1 saturated carbocycles. The molecule has 0 bridgehead atoms. The summed E-state index contributed by atoms with van der Waals surface area (Å²) < 4.78 is 63.5. The number of nitrogens with two attached hydrogens (primary N) is 1. The minimum absolute atomic E-state index is 0.0174. The molecular formula is C10H10F3N5O2S2. The minimum Gasteiger partial charge on any atom is -0.368 e. The molecule has 0 spiro atoms. The summed E-state index contributed by atoms with van der Waals surface area (Å²) in [5, 5.41) is 7.40. The molecular weight excluding hydrogens is 343 g/mol. The summed E-state index contributed by atoms with van der Waals surface area (Å²) >= 11 is 0.636. The first-order valence-corrected chi connectivity index (χ1v) is 8.66. The Morgan fingerprint density at radius 3 is 2.59 bits per heavy atom. The molecule has 0 amide bonds. The Morgan fingerprint density at radius 2 is 2.05 bits per heavy atom. The van der Waals surface area contributed by atoms with Crippen molar-refractivity contribution in [2.45, 2.75) is 36.0 Å². The van der Waals surface area contributed by atoms with Crippen molar-refractivity contribution in [3.05, 3.63) is 16.1 Å². The highest BCUT2D eigenvalue weighted by Gasteiger charge is 2.36. The molecule has 0 radical (unpaired) electrons. The third-order valence-electron chi connectivity index (χ3n) is 3.04. The van der Waals surface area contributed by atoms with E-state index < -0.39 is 27.5 Å². The molecule has 7 nitrogen and oxygen atoms in total. The van der Waals surface area contributed by atoms with E-state index in [0.29, 0.717) is 11.3 Å². The van der Waals surface area contributed by atoms with Crippen LogP contribution in [0, 0.1) is 0 Å². The largest absolute Gasteiger partial charge is 0.434 e. The van der Waals surface area contributed by atoms with Crippen LogP contribution in [-0.4, -0.2) is 28.2 Å². The molecule has 12 heteroatoms. The maximum atomic E-state index is 12.5. The summed E-state index contributed by atoms with van der Waals surface area (Å²) in [6, 6.07) is -0.0678. The zero-order valence-electron chi connectivity index (χ0n) is 10.9. The van der Waals surface area contributed by atoms with Gasteiger partial charge in [0.1, 0.15) is 10.8 Å². The van der Waals surface area contributed by atoms with Crippen LogP contribution in [0.15, 0.2) is 10.5 Å². The summed E-state index contributed by atoms with van der Waals surface area (Å²) in [6.45, 7) is 0. The molecule has 1 aliphatic carbocycles. The van der Waals surface area contributed by atoms with Gasteiger partial charge < -0.3 is 5.73 Å². The Morgan fingerprint density at radius 1 is 1.36 bits per heavy atom. The Hall–Kier alpha value is -1.69. The lowest BCUT2D eigenvalue weighted by atomic mass is 10.5. The predicted molar refractivity (Wildman–Crippen MR) is 70.7 cm³/mol. The SMILES string of the molecule is Nc1nnc(S(=O)(=O)Cc2nc(C(F)(F)F)cs2)n1C1CC1. The number of hydrogen-bond donors (Lipinski definition) is 1. The van der Waals surface area contributed by atoms with Crippen molar-refractivity contribution in [1.82, 2.24) is 19.7 Å². The Balaban J connectivity index is 1.90. The van der Waals surface area contributed by atoms with Crippen molar-refractivity contribution in [2.24, 2.45) is 0 Å². The quantitative estimate of drug-likeness (QED) is 0.896. The van der Waals surface area contributed by atoms with E-state index in [1.807, 2.05) is 0 Å². The highest BCUT2D eigenvalue weighted by atomic mass is 32.2. The lowest BCUT2D eigenvalue weighted by Gasteiger charge is -2.06. The van der Waals surface area contributed by atoms with Crippen molar-refractivity contribution >= 4 is 27.1 Å². The summed E-state index contributed by atoms with van der Waals surface area (Å²) in [5.41, 5.74) is 4.49. The van der Waals surface area contributed by atoms with E-state index in [0.717, 1.165) is 18.2 Å². The van der Waals surface area contributed by atoms with Gasteiger partial charge >= 0.3 is 6.18 Å². The highest BCUT2D eigenvalue weighted by molar-refractivity contribution is 7.90. The zero-order chi connectivity index (χ0) is 16.1. The van der Waals surface area contributed by atoms with E-state index in [-0.39, 0.29) is 22.2 Å². The van der Waals surface area contributed by atoms with Gasteiger partial charge in [-0.25, -0.2) is 13.4 Å². The number of rotatable bonds is 4. The van der Waals surface area contributed by atoms with Crippen molar-refractivity contribution < 1.29 is 21.6 Å². The topological polar surface area (TPSA) is 104 Å². The van der Waals surface area contributed by atoms with Crippen LogP contribution in [0.5, 0.6) is 0 Å². The Bertz CT molecular complexity index is 807. The lowest BCUT2D eigenvalue weighted by Crippen LogP contribution is -2.14. The number of hydrogen-bond acceptors (Lipinski definition) is 7. The maximum Gasteiger partial charge on any atom is 0.434 e. The number of thiazole rings is 1. The zero-order valence-corrected chi connectivity index (χ0v) is 12.5. The second-order valence-electron chi connectivity index (χ2n) is 4.83. The van der Waals surface area contributed by atoms with Crippen LogP contribution in [0.25, 0.3) is 0 Å². The normalized spacial score (nSPS) is 16.1. The highest BCUT2D eigenvalue weighted by Crippen LogP contribution is 2.39. The van der Waals surface area contributed by atoms with Crippen LogP contribution in [0.1, 0.15) is 29.6 Å². The van der Waals surface area contributed by atoms with E-state index >= 15 is 0 Å². The van der Waals surface area contributed by atoms with E-state index in [1.54, 1.807) is 0 Å². The minimum atomic E-state index is -4.60. The van der Waals surface area contributed by atoms with Gasteiger partial charge in [-0.05, 0) is 12.8 Å². The number of nitrogen functional groups attached to an aromatic ring is 1. The Kier molecular flexibility index (Phi) is 3.40. The van der Waals surface area contributed by atoms with Gasteiger partial charge in [0.15, 0.2) is 5.69 Å². The first-order chi connectivity index (χ1) is 10.2. The van der Waals surface area contributed by atoms with E-state index in [4.69, 9.17) is 5.73 Å². The molecule has 120 valence electrons. The molecule has 0 saturated heterocycles. The fraction of sp³-hybridized carbons (Fsp3) is 0.500. The lowest BCUT2D eigenvalue weighted by molar-refractivity contribution is -0.140. The molecule has 0 atom stereocenters. The second-order valence-corrected chi connectivity index (χ2v) is 7.65. The molecule has 2 N–H and O–H groups in total. The molecule has 2 aromatic heterocycles. The average Bonchev–Trinajstić information content (AvgIpc) is 2.97. The molecule has 1 fully saturated rings. The molecule has 0 aliphatic heterocycles. The Labute approximate surface area is 126 Å². The summed E-state index contributed by atoms with van der Waals surface area (Å²) in [6.07, 6.45) is -3.07. The molecule has 2 aromatic rings. The van der Waals surface area contributed by atoms with E-state index in [2.05, 4.69) is 15.2 Å². The van der Waals surface area contributed by atoms with Gasteiger partial charge in [-0.2, -0.15) is 13.2 Å².